The molecule has 1 unspecified atom stereocenters. The maximum Gasteiger partial charge on any atom is 0.0982 e. The first-order valence-corrected chi connectivity index (χ1v) is 5.94. The SMILES string of the molecule is CNCc1csc(C2CCCOC2)n1. The summed E-state index contributed by atoms with van der Waals surface area (Å²) in [5, 5.41) is 6.50. The summed E-state index contributed by atoms with van der Waals surface area (Å²) in [5.41, 5.74) is 1.15. The monoisotopic (exact) mass is 212 g/mol. The van der Waals surface area contributed by atoms with E-state index in [0.29, 0.717) is 5.92 Å². The van der Waals surface area contributed by atoms with Crippen LogP contribution in [0, 0.1) is 0 Å². The molecule has 1 atom stereocenters. The molecule has 0 amide bonds. The van der Waals surface area contributed by atoms with Crippen LogP contribution in [0.2, 0.25) is 0 Å². The first-order chi connectivity index (χ1) is 6.90. The van der Waals surface area contributed by atoms with Gasteiger partial charge in [0.05, 0.1) is 17.3 Å². The van der Waals surface area contributed by atoms with Crippen LogP contribution in [0.25, 0.3) is 0 Å². The number of ether oxygens (including phenoxy) is 1. The molecule has 1 aromatic heterocycles. The second-order valence-electron chi connectivity index (χ2n) is 3.62. The van der Waals surface area contributed by atoms with Gasteiger partial charge in [-0.25, -0.2) is 4.98 Å². The molecule has 2 heterocycles. The summed E-state index contributed by atoms with van der Waals surface area (Å²) in [4.78, 5) is 4.60. The van der Waals surface area contributed by atoms with E-state index >= 15 is 0 Å². The molecule has 78 valence electrons. The fourth-order valence-electron chi connectivity index (χ4n) is 1.71. The number of hydrogen-bond acceptors (Lipinski definition) is 4. The van der Waals surface area contributed by atoms with Crippen molar-refractivity contribution in [3.63, 3.8) is 0 Å². The zero-order valence-electron chi connectivity index (χ0n) is 8.45. The van der Waals surface area contributed by atoms with E-state index in [-0.39, 0.29) is 0 Å². The van der Waals surface area contributed by atoms with Crippen molar-refractivity contribution in [2.24, 2.45) is 0 Å². The summed E-state index contributed by atoms with van der Waals surface area (Å²) >= 11 is 1.76. The van der Waals surface area contributed by atoms with E-state index < -0.39 is 0 Å². The Kier molecular flexibility index (Phi) is 3.50. The molecule has 0 radical (unpaired) electrons. The normalized spacial score (nSPS) is 22.5. The van der Waals surface area contributed by atoms with Crippen LogP contribution in [-0.4, -0.2) is 25.2 Å². The maximum absolute atomic E-state index is 5.46. The molecule has 0 aromatic carbocycles. The van der Waals surface area contributed by atoms with Crippen LogP contribution in [0.3, 0.4) is 0 Å². The van der Waals surface area contributed by atoms with Gasteiger partial charge in [0.15, 0.2) is 0 Å². The average Bonchev–Trinajstić information content (AvgIpc) is 2.68. The minimum atomic E-state index is 0.541. The van der Waals surface area contributed by atoms with Crippen LogP contribution in [0.4, 0.5) is 0 Å². The summed E-state index contributed by atoms with van der Waals surface area (Å²) in [6, 6.07) is 0. The van der Waals surface area contributed by atoms with Gasteiger partial charge >= 0.3 is 0 Å². The van der Waals surface area contributed by atoms with Crippen LogP contribution < -0.4 is 5.32 Å². The van der Waals surface area contributed by atoms with E-state index in [1.807, 2.05) is 7.05 Å². The van der Waals surface area contributed by atoms with Gasteiger partial charge in [0.25, 0.3) is 0 Å². The van der Waals surface area contributed by atoms with Crippen molar-refractivity contribution in [2.75, 3.05) is 20.3 Å². The van der Waals surface area contributed by atoms with E-state index in [0.717, 1.165) is 25.5 Å². The van der Waals surface area contributed by atoms with Gasteiger partial charge in [-0.3, -0.25) is 0 Å². The predicted molar refractivity (Wildman–Crippen MR) is 57.7 cm³/mol. The molecule has 0 aliphatic carbocycles. The highest BCUT2D eigenvalue weighted by Gasteiger charge is 2.18. The molecule has 0 saturated carbocycles. The van der Waals surface area contributed by atoms with E-state index in [4.69, 9.17) is 4.74 Å². The molecule has 1 N–H and O–H groups in total. The molecule has 0 spiro atoms. The number of aromatic nitrogens is 1. The van der Waals surface area contributed by atoms with Gasteiger partial charge in [0, 0.05) is 24.4 Å². The molecule has 1 aromatic rings. The molecule has 1 aliphatic rings. The highest BCUT2D eigenvalue weighted by molar-refractivity contribution is 7.09. The lowest BCUT2D eigenvalue weighted by atomic mass is 10.0. The van der Waals surface area contributed by atoms with Gasteiger partial charge < -0.3 is 10.1 Å². The largest absolute Gasteiger partial charge is 0.381 e. The molecule has 1 fully saturated rings. The zero-order chi connectivity index (χ0) is 9.80. The average molecular weight is 212 g/mol. The molecule has 2 rings (SSSR count). The molecule has 1 saturated heterocycles. The number of rotatable bonds is 3. The first kappa shape index (κ1) is 10.1. The first-order valence-electron chi connectivity index (χ1n) is 5.07. The Morgan fingerprint density at radius 2 is 2.64 bits per heavy atom. The Hall–Kier alpha value is -0.450. The molecule has 14 heavy (non-hydrogen) atoms. The van der Waals surface area contributed by atoms with E-state index in [1.165, 1.54) is 17.8 Å². The molecule has 3 nitrogen and oxygen atoms in total. The smallest absolute Gasteiger partial charge is 0.0982 e. The van der Waals surface area contributed by atoms with Crippen molar-refractivity contribution in [3.8, 4) is 0 Å². The van der Waals surface area contributed by atoms with Crippen LogP contribution in [-0.2, 0) is 11.3 Å². The van der Waals surface area contributed by atoms with Gasteiger partial charge in [0.1, 0.15) is 0 Å². The van der Waals surface area contributed by atoms with Crippen LogP contribution in [0.15, 0.2) is 5.38 Å². The molecule has 0 bridgehead atoms. The Bertz CT molecular complexity index is 281. The quantitative estimate of drug-likeness (QED) is 0.829. The Morgan fingerprint density at radius 1 is 1.71 bits per heavy atom. The highest BCUT2D eigenvalue weighted by Crippen LogP contribution is 2.27. The highest BCUT2D eigenvalue weighted by atomic mass is 32.1. The zero-order valence-corrected chi connectivity index (χ0v) is 9.27. The fourth-order valence-corrected chi connectivity index (χ4v) is 2.65. The summed E-state index contributed by atoms with van der Waals surface area (Å²) in [6.07, 6.45) is 2.40. The second-order valence-corrected chi connectivity index (χ2v) is 4.51. The molecule has 1 aliphatic heterocycles. The minimum Gasteiger partial charge on any atom is -0.381 e. The molecular weight excluding hydrogens is 196 g/mol. The van der Waals surface area contributed by atoms with Gasteiger partial charge in [0.2, 0.25) is 0 Å². The maximum atomic E-state index is 5.46. The van der Waals surface area contributed by atoms with Gasteiger partial charge in [-0.15, -0.1) is 11.3 Å². The van der Waals surface area contributed by atoms with Crippen molar-refractivity contribution < 1.29 is 4.74 Å². The summed E-state index contributed by atoms with van der Waals surface area (Å²) in [6.45, 7) is 2.64. The van der Waals surface area contributed by atoms with Crippen molar-refractivity contribution in [1.82, 2.24) is 10.3 Å². The number of thiazole rings is 1. The third kappa shape index (κ3) is 2.32. The summed E-state index contributed by atoms with van der Waals surface area (Å²) < 4.78 is 5.46. The third-order valence-electron chi connectivity index (χ3n) is 2.44. The minimum absolute atomic E-state index is 0.541. The third-order valence-corrected chi connectivity index (χ3v) is 3.49. The lowest BCUT2D eigenvalue weighted by Crippen LogP contribution is -2.15. The Morgan fingerprint density at radius 3 is 3.36 bits per heavy atom. The molecule has 4 heteroatoms. The van der Waals surface area contributed by atoms with Gasteiger partial charge in [-0.2, -0.15) is 0 Å². The second kappa shape index (κ2) is 4.87. The number of nitrogens with zero attached hydrogens (tertiary/aromatic N) is 1. The number of nitrogens with one attached hydrogen (secondary N) is 1. The van der Waals surface area contributed by atoms with E-state index in [9.17, 15) is 0 Å². The van der Waals surface area contributed by atoms with Crippen molar-refractivity contribution >= 4 is 11.3 Å². The van der Waals surface area contributed by atoms with Crippen LogP contribution in [0.5, 0.6) is 0 Å². The number of hydrogen-bond donors (Lipinski definition) is 1. The Balaban J connectivity index is 2.00. The van der Waals surface area contributed by atoms with E-state index in [1.54, 1.807) is 11.3 Å². The van der Waals surface area contributed by atoms with Gasteiger partial charge in [-0.05, 0) is 19.9 Å². The topological polar surface area (TPSA) is 34.1 Å². The lowest BCUT2D eigenvalue weighted by molar-refractivity contribution is 0.0803. The molecular formula is C10H16N2OS. The fraction of sp³-hybridized carbons (Fsp3) is 0.700. The van der Waals surface area contributed by atoms with Gasteiger partial charge in [-0.1, -0.05) is 0 Å². The standard InChI is InChI=1S/C10H16N2OS/c1-11-5-9-7-14-10(12-9)8-3-2-4-13-6-8/h7-8,11H,2-6H2,1H3. The van der Waals surface area contributed by atoms with Crippen LogP contribution >= 0.6 is 11.3 Å². The predicted octanol–water partition coefficient (Wildman–Crippen LogP) is 1.76. The van der Waals surface area contributed by atoms with Crippen LogP contribution in [0.1, 0.15) is 29.5 Å². The van der Waals surface area contributed by atoms with E-state index in [2.05, 4.69) is 15.7 Å². The van der Waals surface area contributed by atoms with Crippen molar-refractivity contribution in [1.29, 1.82) is 0 Å². The lowest BCUT2D eigenvalue weighted by Gasteiger charge is -2.19. The summed E-state index contributed by atoms with van der Waals surface area (Å²) in [7, 11) is 1.95. The van der Waals surface area contributed by atoms with Crippen molar-refractivity contribution in [2.45, 2.75) is 25.3 Å². The van der Waals surface area contributed by atoms with Crippen molar-refractivity contribution in [3.05, 3.63) is 16.1 Å². The summed E-state index contributed by atoms with van der Waals surface area (Å²) in [5.74, 6) is 0.541. The Labute approximate surface area is 88.5 Å².